The number of anilines is 1. The SMILES string of the molecule is CC1CCCC(C)N1NCc1ccc(N(C)C)cc1. The minimum absolute atomic E-state index is 0.643. The zero-order chi connectivity index (χ0) is 13.8. The normalized spacial score (nSPS) is 24.4. The maximum absolute atomic E-state index is 3.61. The molecule has 3 heteroatoms. The minimum atomic E-state index is 0.643. The van der Waals surface area contributed by atoms with Crippen molar-refractivity contribution in [3.63, 3.8) is 0 Å². The van der Waals surface area contributed by atoms with Gasteiger partial charge in [-0.1, -0.05) is 18.6 Å². The third-order valence-corrected chi connectivity index (χ3v) is 4.11. The summed E-state index contributed by atoms with van der Waals surface area (Å²) in [5.41, 5.74) is 6.20. The second kappa shape index (κ2) is 6.40. The lowest BCUT2D eigenvalue weighted by Gasteiger charge is -2.39. The van der Waals surface area contributed by atoms with Crippen LogP contribution in [0.4, 0.5) is 5.69 Å². The summed E-state index contributed by atoms with van der Waals surface area (Å²) in [5.74, 6) is 0. The molecule has 0 saturated carbocycles. The molecule has 0 aromatic heterocycles. The van der Waals surface area contributed by atoms with E-state index in [0.29, 0.717) is 12.1 Å². The number of rotatable bonds is 4. The molecule has 0 bridgehead atoms. The molecule has 1 saturated heterocycles. The largest absolute Gasteiger partial charge is 0.378 e. The van der Waals surface area contributed by atoms with Crippen LogP contribution >= 0.6 is 0 Å². The van der Waals surface area contributed by atoms with E-state index in [1.165, 1.54) is 30.5 Å². The van der Waals surface area contributed by atoms with Gasteiger partial charge in [-0.15, -0.1) is 0 Å². The lowest BCUT2D eigenvalue weighted by atomic mass is 10.00. The second-order valence-electron chi connectivity index (χ2n) is 5.93. The van der Waals surface area contributed by atoms with Gasteiger partial charge in [0.15, 0.2) is 0 Å². The summed E-state index contributed by atoms with van der Waals surface area (Å²) >= 11 is 0. The Hall–Kier alpha value is -1.06. The van der Waals surface area contributed by atoms with Gasteiger partial charge in [-0.25, -0.2) is 5.01 Å². The van der Waals surface area contributed by atoms with E-state index in [0.717, 1.165) is 6.54 Å². The Labute approximate surface area is 117 Å². The van der Waals surface area contributed by atoms with Crippen LogP contribution in [0.1, 0.15) is 38.7 Å². The Morgan fingerprint density at radius 1 is 1.11 bits per heavy atom. The van der Waals surface area contributed by atoms with Gasteiger partial charge in [0.2, 0.25) is 0 Å². The summed E-state index contributed by atoms with van der Waals surface area (Å²) < 4.78 is 0. The molecular weight excluding hydrogens is 234 g/mol. The standard InChI is InChI=1S/C16H27N3/c1-13-6-5-7-14(2)19(13)17-12-15-8-10-16(11-9-15)18(3)4/h8-11,13-14,17H,5-7,12H2,1-4H3. The van der Waals surface area contributed by atoms with Crippen LogP contribution in [0.5, 0.6) is 0 Å². The summed E-state index contributed by atoms with van der Waals surface area (Å²) in [6, 6.07) is 10.1. The fourth-order valence-electron chi connectivity index (χ4n) is 2.83. The third-order valence-electron chi connectivity index (χ3n) is 4.11. The Morgan fingerprint density at radius 3 is 2.21 bits per heavy atom. The number of hydrazine groups is 1. The molecule has 1 aliphatic rings. The molecule has 1 N–H and O–H groups in total. The van der Waals surface area contributed by atoms with E-state index in [1.54, 1.807) is 0 Å². The molecule has 1 fully saturated rings. The van der Waals surface area contributed by atoms with E-state index in [-0.39, 0.29) is 0 Å². The van der Waals surface area contributed by atoms with E-state index < -0.39 is 0 Å². The van der Waals surface area contributed by atoms with Crippen molar-refractivity contribution in [3.8, 4) is 0 Å². The highest BCUT2D eigenvalue weighted by Crippen LogP contribution is 2.20. The molecular formula is C16H27N3. The van der Waals surface area contributed by atoms with Crippen LogP contribution in [0, 0.1) is 0 Å². The van der Waals surface area contributed by atoms with E-state index >= 15 is 0 Å². The zero-order valence-corrected chi connectivity index (χ0v) is 12.7. The molecule has 2 atom stereocenters. The number of hydrogen-bond donors (Lipinski definition) is 1. The van der Waals surface area contributed by atoms with Crippen LogP contribution in [-0.2, 0) is 6.54 Å². The molecule has 0 spiro atoms. The number of hydrogen-bond acceptors (Lipinski definition) is 3. The molecule has 1 heterocycles. The number of nitrogens with one attached hydrogen (secondary N) is 1. The van der Waals surface area contributed by atoms with Crippen molar-refractivity contribution in [2.75, 3.05) is 19.0 Å². The third kappa shape index (κ3) is 3.71. The predicted octanol–water partition coefficient (Wildman–Crippen LogP) is 3.02. The molecule has 106 valence electrons. The Morgan fingerprint density at radius 2 is 1.68 bits per heavy atom. The molecule has 2 unspecified atom stereocenters. The maximum atomic E-state index is 3.61. The summed E-state index contributed by atoms with van der Waals surface area (Å²) in [5, 5.41) is 2.43. The summed E-state index contributed by atoms with van der Waals surface area (Å²) in [4.78, 5) is 2.13. The van der Waals surface area contributed by atoms with Gasteiger partial charge in [0.25, 0.3) is 0 Å². The van der Waals surface area contributed by atoms with Crippen molar-refractivity contribution in [1.82, 2.24) is 10.4 Å². The molecule has 19 heavy (non-hydrogen) atoms. The first-order valence-corrected chi connectivity index (χ1v) is 7.36. The lowest BCUT2D eigenvalue weighted by Crippen LogP contribution is -2.51. The van der Waals surface area contributed by atoms with E-state index in [9.17, 15) is 0 Å². The first-order valence-electron chi connectivity index (χ1n) is 7.36. The quantitative estimate of drug-likeness (QED) is 0.899. The van der Waals surface area contributed by atoms with Crippen molar-refractivity contribution < 1.29 is 0 Å². The van der Waals surface area contributed by atoms with Crippen LogP contribution in [0.2, 0.25) is 0 Å². The topological polar surface area (TPSA) is 18.5 Å². The van der Waals surface area contributed by atoms with Crippen molar-refractivity contribution >= 4 is 5.69 Å². The van der Waals surface area contributed by atoms with E-state index in [1.807, 2.05) is 0 Å². The van der Waals surface area contributed by atoms with E-state index in [4.69, 9.17) is 0 Å². The zero-order valence-electron chi connectivity index (χ0n) is 12.7. The Kier molecular flexibility index (Phi) is 4.83. The van der Waals surface area contributed by atoms with E-state index in [2.05, 4.69) is 67.5 Å². The highest BCUT2D eigenvalue weighted by molar-refractivity contribution is 5.45. The Bertz CT molecular complexity index is 375. The van der Waals surface area contributed by atoms with Crippen LogP contribution in [-0.4, -0.2) is 31.2 Å². The molecule has 1 aromatic rings. The highest BCUT2D eigenvalue weighted by atomic mass is 15.5. The molecule has 1 aliphatic heterocycles. The number of piperidine rings is 1. The fraction of sp³-hybridized carbons (Fsp3) is 0.625. The minimum Gasteiger partial charge on any atom is -0.378 e. The number of benzene rings is 1. The molecule has 0 aliphatic carbocycles. The summed E-state index contributed by atoms with van der Waals surface area (Å²) in [6.45, 7) is 5.55. The smallest absolute Gasteiger partial charge is 0.0361 e. The van der Waals surface area contributed by atoms with Gasteiger partial charge in [-0.2, -0.15) is 0 Å². The van der Waals surface area contributed by atoms with Gasteiger partial charge >= 0.3 is 0 Å². The van der Waals surface area contributed by atoms with Gasteiger partial charge in [-0.05, 0) is 44.4 Å². The maximum Gasteiger partial charge on any atom is 0.0361 e. The lowest BCUT2D eigenvalue weighted by molar-refractivity contribution is 0.0435. The highest BCUT2D eigenvalue weighted by Gasteiger charge is 2.23. The van der Waals surface area contributed by atoms with Gasteiger partial charge < -0.3 is 4.90 Å². The van der Waals surface area contributed by atoms with Gasteiger partial charge in [0.05, 0.1) is 0 Å². The van der Waals surface area contributed by atoms with Gasteiger partial charge in [0, 0.05) is 38.4 Å². The van der Waals surface area contributed by atoms with Crippen molar-refractivity contribution in [3.05, 3.63) is 29.8 Å². The monoisotopic (exact) mass is 261 g/mol. The van der Waals surface area contributed by atoms with Crippen LogP contribution in [0.15, 0.2) is 24.3 Å². The molecule has 0 amide bonds. The average Bonchev–Trinajstić information content (AvgIpc) is 2.38. The van der Waals surface area contributed by atoms with Crippen molar-refractivity contribution in [2.45, 2.75) is 51.7 Å². The first-order chi connectivity index (χ1) is 9.08. The van der Waals surface area contributed by atoms with Crippen LogP contribution in [0.3, 0.4) is 0 Å². The van der Waals surface area contributed by atoms with Gasteiger partial charge in [-0.3, -0.25) is 5.43 Å². The Balaban J connectivity index is 1.90. The predicted molar refractivity (Wildman–Crippen MR) is 82.2 cm³/mol. The summed E-state index contributed by atoms with van der Waals surface area (Å²) in [6.07, 6.45) is 3.96. The number of nitrogens with zero attached hydrogens (tertiary/aromatic N) is 2. The first kappa shape index (κ1) is 14.4. The fourth-order valence-corrected chi connectivity index (χ4v) is 2.83. The van der Waals surface area contributed by atoms with Crippen LogP contribution < -0.4 is 10.3 Å². The van der Waals surface area contributed by atoms with Crippen molar-refractivity contribution in [2.24, 2.45) is 0 Å². The molecule has 2 rings (SSSR count). The van der Waals surface area contributed by atoms with Gasteiger partial charge in [0.1, 0.15) is 0 Å². The molecule has 1 aromatic carbocycles. The van der Waals surface area contributed by atoms with Crippen molar-refractivity contribution in [1.29, 1.82) is 0 Å². The molecule has 3 nitrogen and oxygen atoms in total. The average molecular weight is 261 g/mol. The molecule has 0 radical (unpaired) electrons. The second-order valence-corrected chi connectivity index (χ2v) is 5.93. The van der Waals surface area contributed by atoms with Crippen LogP contribution in [0.25, 0.3) is 0 Å². The summed E-state index contributed by atoms with van der Waals surface area (Å²) in [7, 11) is 4.15.